The topological polar surface area (TPSA) is 70.1 Å². The molecule has 6 heteroatoms. The monoisotopic (exact) mass is 340 g/mol. The summed E-state index contributed by atoms with van der Waals surface area (Å²) in [7, 11) is 0. The third kappa shape index (κ3) is 3.13. The van der Waals surface area contributed by atoms with E-state index in [1.807, 2.05) is 52.9 Å². The van der Waals surface area contributed by atoms with Gasteiger partial charge in [-0.05, 0) is 28.2 Å². The van der Waals surface area contributed by atoms with E-state index in [1.54, 1.807) is 12.4 Å². The summed E-state index contributed by atoms with van der Waals surface area (Å²) >= 11 is 2.03. The van der Waals surface area contributed by atoms with Gasteiger partial charge in [0, 0.05) is 0 Å². The number of amides is 1. The van der Waals surface area contributed by atoms with Crippen molar-refractivity contribution in [1.29, 1.82) is 0 Å². The van der Waals surface area contributed by atoms with Gasteiger partial charge in [-0.25, -0.2) is 5.43 Å². The van der Waals surface area contributed by atoms with Crippen LogP contribution in [0.5, 0.6) is 0 Å². The molecule has 0 bridgehead atoms. The Labute approximate surface area is 111 Å². The van der Waals surface area contributed by atoms with Gasteiger partial charge in [0.1, 0.15) is 5.69 Å². The molecule has 0 saturated carbocycles. The SMILES string of the molecule is O=C(N/N=C\c1ccccc1)c1[nH]ncc1I. The van der Waals surface area contributed by atoms with Crippen LogP contribution in [0.2, 0.25) is 0 Å². The molecule has 1 aromatic carbocycles. The molecule has 2 N–H and O–H groups in total. The van der Waals surface area contributed by atoms with E-state index in [2.05, 4.69) is 20.7 Å². The number of halogens is 1. The number of aromatic nitrogens is 2. The number of rotatable bonds is 3. The van der Waals surface area contributed by atoms with Crippen LogP contribution in [0.3, 0.4) is 0 Å². The molecule has 0 aliphatic heterocycles. The molecule has 0 unspecified atom stereocenters. The molecule has 2 aromatic rings. The average Bonchev–Trinajstić information content (AvgIpc) is 2.77. The van der Waals surface area contributed by atoms with Gasteiger partial charge < -0.3 is 0 Å². The van der Waals surface area contributed by atoms with Gasteiger partial charge in [-0.1, -0.05) is 30.3 Å². The molecular weight excluding hydrogens is 331 g/mol. The normalized spacial score (nSPS) is 10.6. The Balaban J connectivity index is 1.98. The Morgan fingerprint density at radius 2 is 2.18 bits per heavy atom. The first-order chi connectivity index (χ1) is 8.27. The molecule has 0 spiro atoms. The second-order valence-corrected chi connectivity index (χ2v) is 4.36. The van der Waals surface area contributed by atoms with Crippen molar-refractivity contribution in [2.24, 2.45) is 5.10 Å². The highest BCUT2D eigenvalue weighted by atomic mass is 127. The highest BCUT2D eigenvalue weighted by molar-refractivity contribution is 14.1. The van der Waals surface area contributed by atoms with Crippen LogP contribution in [0.25, 0.3) is 0 Å². The van der Waals surface area contributed by atoms with Gasteiger partial charge in [0.2, 0.25) is 0 Å². The number of carbonyl (C=O) groups is 1. The summed E-state index contributed by atoms with van der Waals surface area (Å²) < 4.78 is 0.759. The van der Waals surface area contributed by atoms with Crippen molar-refractivity contribution in [2.75, 3.05) is 0 Å². The maximum atomic E-state index is 11.6. The van der Waals surface area contributed by atoms with Crippen LogP contribution in [0, 0.1) is 3.57 Å². The number of H-pyrrole nitrogens is 1. The van der Waals surface area contributed by atoms with E-state index in [0.717, 1.165) is 9.13 Å². The average molecular weight is 340 g/mol. The fourth-order valence-corrected chi connectivity index (χ4v) is 1.70. The van der Waals surface area contributed by atoms with Crippen LogP contribution in [-0.4, -0.2) is 22.3 Å². The predicted molar refractivity (Wildman–Crippen MR) is 72.8 cm³/mol. The molecule has 1 heterocycles. The van der Waals surface area contributed by atoms with Gasteiger partial charge in [-0.2, -0.15) is 10.2 Å². The van der Waals surface area contributed by atoms with Crippen molar-refractivity contribution in [1.82, 2.24) is 15.6 Å². The number of carbonyl (C=O) groups excluding carboxylic acids is 1. The third-order valence-electron chi connectivity index (χ3n) is 2.00. The zero-order chi connectivity index (χ0) is 12.1. The van der Waals surface area contributed by atoms with Crippen LogP contribution in [-0.2, 0) is 0 Å². The largest absolute Gasteiger partial charge is 0.290 e. The molecule has 0 saturated heterocycles. The molecule has 2 rings (SSSR count). The van der Waals surface area contributed by atoms with Crippen LogP contribution in [0.1, 0.15) is 16.1 Å². The number of aromatic amines is 1. The lowest BCUT2D eigenvalue weighted by atomic mass is 10.2. The highest BCUT2D eigenvalue weighted by Gasteiger charge is 2.10. The smallest absolute Gasteiger partial charge is 0.272 e. The Kier molecular flexibility index (Phi) is 3.86. The molecule has 1 amide bonds. The van der Waals surface area contributed by atoms with Gasteiger partial charge in [0.15, 0.2) is 0 Å². The van der Waals surface area contributed by atoms with Crippen molar-refractivity contribution in [3.05, 3.63) is 51.4 Å². The van der Waals surface area contributed by atoms with Crippen LogP contribution < -0.4 is 5.43 Å². The zero-order valence-corrected chi connectivity index (χ0v) is 10.9. The second kappa shape index (κ2) is 5.58. The van der Waals surface area contributed by atoms with E-state index < -0.39 is 0 Å². The van der Waals surface area contributed by atoms with Crippen molar-refractivity contribution in [2.45, 2.75) is 0 Å². The number of hydrazone groups is 1. The fraction of sp³-hybridized carbons (Fsp3) is 0. The molecular formula is C11H9IN4O. The number of benzene rings is 1. The van der Waals surface area contributed by atoms with Gasteiger partial charge in [-0.15, -0.1) is 0 Å². The van der Waals surface area contributed by atoms with Crippen LogP contribution in [0.15, 0.2) is 41.6 Å². The van der Waals surface area contributed by atoms with Gasteiger partial charge >= 0.3 is 0 Å². The van der Waals surface area contributed by atoms with E-state index >= 15 is 0 Å². The predicted octanol–water partition coefficient (Wildman–Crippen LogP) is 1.78. The van der Waals surface area contributed by atoms with Crippen molar-refractivity contribution >= 4 is 34.7 Å². The van der Waals surface area contributed by atoms with Crippen LogP contribution in [0.4, 0.5) is 0 Å². The third-order valence-corrected chi connectivity index (χ3v) is 2.82. The molecule has 0 radical (unpaired) electrons. The van der Waals surface area contributed by atoms with Crippen LogP contribution >= 0.6 is 22.6 Å². The molecule has 1 aromatic heterocycles. The Morgan fingerprint density at radius 1 is 1.41 bits per heavy atom. The highest BCUT2D eigenvalue weighted by Crippen LogP contribution is 2.06. The quantitative estimate of drug-likeness (QED) is 0.508. The first-order valence-electron chi connectivity index (χ1n) is 4.84. The molecule has 0 aliphatic carbocycles. The molecule has 0 aliphatic rings. The lowest BCUT2D eigenvalue weighted by Gasteiger charge is -1.96. The maximum absolute atomic E-state index is 11.6. The molecule has 0 fully saturated rings. The first kappa shape index (κ1) is 11.8. The van der Waals surface area contributed by atoms with E-state index in [4.69, 9.17) is 0 Å². The molecule has 86 valence electrons. The van der Waals surface area contributed by atoms with Gasteiger partial charge in [0.25, 0.3) is 5.91 Å². The summed E-state index contributed by atoms with van der Waals surface area (Å²) in [5.74, 6) is -0.306. The fourth-order valence-electron chi connectivity index (χ4n) is 1.19. The first-order valence-corrected chi connectivity index (χ1v) is 5.92. The summed E-state index contributed by atoms with van der Waals surface area (Å²) in [4.78, 5) is 11.6. The molecule has 5 nitrogen and oxygen atoms in total. The van der Waals surface area contributed by atoms with Gasteiger partial charge in [0.05, 0.1) is 16.0 Å². The Morgan fingerprint density at radius 3 is 2.82 bits per heavy atom. The van der Waals surface area contributed by atoms with Crippen molar-refractivity contribution in [3.8, 4) is 0 Å². The second-order valence-electron chi connectivity index (χ2n) is 3.20. The summed E-state index contributed by atoms with van der Waals surface area (Å²) in [5, 5.41) is 10.2. The molecule has 17 heavy (non-hydrogen) atoms. The summed E-state index contributed by atoms with van der Waals surface area (Å²) in [6.07, 6.45) is 3.16. The lowest BCUT2D eigenvalue weighted by molar-refractivity contribution is 0.0949. The zero-order valence-electron chi connectivity index (χ0n) is 8.72. The minimum Gasteiger partial charge on any atom is -0.272 e. The summed E-state index contributed by atoms with van der Waals surface area (Å²) in [6, 6.07) is 9.52. The minimum atomic E-state index is -0.306. The van der Waals surface area contributed by atoms with E-state index in [1.165, 1.54) is 0 Å². The minimum absolute atomic E-state index is 0.306. The summed E-state index contributed by atoms with van der Waals surface area (Å²) in [5.41, 5.74) is 3.76. The standard InChI is InChI=1S/C11H9IN4O/c12-9-7-14-15-10(9)11(17)16-13-6-8-4-2-1-3-5-8/h1-7H,(H,14,15)(H,16,17)/b13-6-. The number of nitrogens with one attached hydrogen (secondary N) is 2. The lowest BCUT2D eigenvalue weighted by Crippen LogP contribution is -2.19. The molecule has 0 atom stereocenters. The van der Waals surface area contributed by atoms with E-state index in [-0.39, 0.29) is 5.91 Å². The van der Waals surface area contributed by atoms with Gasteiger partial charge in [-0.3, -0.25) is 9.89 Å². The number of nitrogens with zero attached hydrogens (tertiary/aromatic N) is 2. The van der Waals surface area contributed by atoms with E-state index in [0.29, 0.717) is 5.69 Å². The number of hydrogen-bond acceptors (Lipinski definition) is 3. The Hall–Kier alpha value is -1.70. The Bertz CT molecular complexity index is 535. The number of hydrogen-bond donors (Lipinski definition) is 2. The maximum Gasteiger partial charge on any atom is 0.290 e. The van der Waals surface area contributed by atoms with E-state index in [9.17, 15) is 4.79 Å². The van der Waals surface area contributed by atoms with Crippen molar-refractivity contribution in [3.63, 3.8) is 0 Å². The summed E-state index contributed by atoms with van der Waals surface area (Å²) in [6.45, 7) is 0. The van der Waals surface area contributed by atoms with Crippen molar-refractivity contribution < 1.29 is 4.79 Å².